The Balaban J connectivity index is 1.64. The molecule has 2 aliphatic rings. The van der Waals surface area contributed by atoms with Crippen LogP contribution >= 0.6 is 24.0 Å². The lowest BCUT2D eigenvalue weighted by Crippen LogP contribution is -2.27. The molecule has 1 amide bonds. The van der Waals surface area contributed by atoms with E-state index in [4.69, 9.17) is 17.0 Å². The molecule has 0 aromatic heterocycles. The Hall–Kier alpha value is -2.57. The number of phenols is 1. The number of thioether (sulfide) groups is 1. The minimum atomic E-state index is -0.194. The molecule has 1 fully saturated rings. The number of para-hydroxylation sites is 1. The van der Waals surface area contributed by atoms with Gasteiger partial charge in [0.2, 0.25) is 0 Å². The number of hydrogen-bond donors (Lipinski definition) is 1. The van der Waals surface area contributed by atoms with Gasteiger partial charge in [-0.15, -0.1) is 0 Å². The summed E-state index contributed by atoms with van der Waals surface area (Å²) in [4.78, 5) is 14.7. The molecule has 1 saturated heterocycles. The van der Waals surface area contributed by atoms with Crippen LogP contribution in [0.1, 0.15) is 5.56 Å². The molecule has 1 N–H and O–H groups in total. The first-order chi connectivity index (χ1) is 12.1. The van der Waals surface area contributed by atoms with E-state index < -0.39 is 0 Å². The molecule has 0 aliphatic carbocycles. The van der Waals surface area contributed by atoms with Crippen molar-refractivity contribution >= 4 is 46.0 Å². The number of rotatable bonds is 2. The van der Waals surface area contributed by atoms with Crippen molar-refractivity contribution in [1.82, 2.24) is 0 Å². The lowest BCUT2D eigenvalue weighted by atomic mass is 10.1. The maximum atomic E-state index is 12.7. The fourth-order valence-corrected chi connectivity index (χ4v) is 4.02. The molecule has 0 atom stereocenters. The summed E-state index contributed by atoms with van der Waals surface area (Å²) in [6, 6.07) is 14.3. The molecule has 4 rings (SSSR count). The van der Waals surface area contributed by atoms with Crippen molar-refractivity contribution in [3.63, 3.8) is 0 Å². The first-order valence-corrected chi connectivity index (χ1v) is 8.84. The fourth-order valence-electron chi connectivity index (χ4n) is 2.71. The number of nitrogens with zero attached hydrogens (tertiary/aromatic N) is 1. The van der Waals surface area contributed by atoms with E-state index in [1.165, 1.54) is 22.7 Å². The number of aromatic hydroxyl groups is 1. The van der Waals surface area contributed by atoms with Gasteiger partial charge in [-0.2, -0.15) is 0 Å². The number of amides is 1. The van der Waals surface area contributed by atoms with Crippen LogP contribution in [0, 0.1) is 0 Å². The second-order valence-electron chi connectivity index (χ2n) is 5.58. The number of carbonyl (C=O) groups excluding carboxylic acids is 1. The van der Waals surface area contributed by atoms with E-state index in [1.54, 1.807) is 18.2 Å². The normalized spacial score (nSPS) is 18.2. The van der Waals surface area contributed by atoms with E-state index in [0.717, 1.165) is 16.9 Å². The Morgan fingerprint density at radius 3 is 2.88 bits per heavy atom. The minimum absolute atomic E-state index is 0.0931. The van der Waals surface area contributed by atoms with E-state index in [1.807, 2.05) is 36.4 Å². The number of thiocarbonyl (C=S) groups is 1. The minimum Gasteiger partial charge on any atom is -0.508 e. The zero-order chi connectivity index (χ0) is 17.4. The Kier molecular flexibility index (Phi) is 4.07. The summed E-state index contributed by atoms with van der Waals surface area (Å²) in [6.07, 6.45) is 3.83. The summed E-state index contributed by atoms with van der Waals surface area (Å²) in [6.45, 7) is 0.410. The van der Waals surface area contributed by atoms with Crippen LogP contribution in [0.2, 0.25) is 0 Å². The van der Waals surface area contributed by atoms with Crippen molar-refractivity contribution in [2.75, 3.05) is 11.5 Å². The molecule has 2 aromatic carbocycles. The number of hydrogen-bond acceptors (Lipinski definition) is 5. The van der Waals surface area contributed by atoms with Gasteiger partial charge >= 0.3 is 0 Å². The van der Waals surface area contributed by atoms with Crippen LogP contribution < -0.4 is 9.64 Å². The molecule has 2 aliphatic heterocycles. The predicted molar refractivity (Wildman–Crippen MR) is 104 cm³/mol. The van der Waals surface area contributed by atoms with Crippen molar-refractivity contribution in [3.05, 3.63) is 70.6 Å². The molecule has 6 heteroatoms. The van der Waals surface area contributed by atoms with Gasteiger partial charge in [0.15, 0.2) is 4.32 Å². The van der Waals surface area contributed by atoms with Gasteiger partial charge in [0.25, 0.3) is 5.91 Å². The molecule has 0 saturated carbocycles. The highest BCUT2D eigenvalue weighted by molar-refractivity contribution is 8.27. The molecule has 124 valence electrons. The standard InChI is InChI=1S/C19H13NO3S2/c21-15-6-3-5-14(10-15)20-18(22)17(25-19(20)24)9-12-8-13-4-1-2-7-16(13)23-11-12/h1-10,21H,11H2. The van der Waals surface area contributed by atoms with Crippen LogP contribution in [-0.4, -0.2) is 21.9 Å². The average Bonchev–Trinajstić information content (AvgIpc) is 2.88. The maximum absolute atomic E-state index is 12.7. The van der Waals surface area contributed by atoms with E-state index in [2.05, 4.69) is 0 Å². The van der Waals surface area contributed by atoms with Crippen LogP contribution in [-0.2, 0) is 4.79 Å². The lowest BCUT2D eigenvalue weighted by Gasteiger charge is -2.16. The third-order valence-corrected chi connectivity index (χ3v) is 5.15. The highest BCUT2D eigenvalue weighted by atomic mass is 32.2. The first kappa shape index (κ1) is 15.9. The number of fused-ring (bicyclic) bond motifs is 1. The van der Waals surface area contributed by atoms with Gasteiger partial charge in [-0.3, -0.25) is 9.69 Å². The summed E-state index contributed by atoms with van der Waals surface area (Å²) in [5, 5.41) is 9.64. The van der Waals surface area contributed by atoms with Crippen molar-refractivity contribution < 1.29 is 14.6 Å². The van der Waals surface area contributed by atoms with Gasteiger partial charge in [0.05, 0.1) is 10.6 Å². The van der Waals surface area contributed by atoms with Crippen molar-refractivity contribution in [3.8, 4) is 11.5 Å². The molecule has 4 nitrogen and oxygen atoms in total. The summed E-state index contributed by atoms with van der Waals surface area (Å²) < 4.78 is 6.17. The fraction of sp³-hybridized carbons (Fsp3) is 0.0526. The molecule has 2 aromatic rings. The maximum Gasteiger partial charge on any atom is 0.270 e. The zero-order valence-electron chi connectivity index (χ0n) is 13.0. The van der Waals surface area contributed by atoms with Crippen LogP contribution in [0.5, 0.6) is 11.5 Å². The van der Waals surface area contributed by atoms with Crippen LogP contribution in [0.4, 0.5) is 5.69 Å². The molecule has 0 spiro atoms. The second-order valence-corrected chi connectivity index (χ2v) is 7.26. The summed E-state index contributed by atoms with van der Waals surface area (Å²) in [5.41, 5.74) is 2.46. The summed E-state index contributed by atoms with van der Waals surface area (Å²) in [5.74, 6) is 0.739. The zero-order valence-corrected chi connectivity index (χ0v) is 14.6. The van der Waals surface area contributed by atoms with Crippen LogP contribution in [0.15, 0.2) is 65.1 Å². The van der Waals surface area contributed by atoms with E-state index in [0.29, 0.717) is 21.5 Å². The quantitative estimate of drug-likeness (QED) is 0.639. The van der Waals surface area contributed by atoms with Crippen molar-refractivity contribution in [2.24, 2.45) is 0 Å². The van der Waals surface area contributed by atoms with Crippen LogP contribution in [0.25, 0.3) is 6.08 Å². The first-order valence-electron chi connectivity index (χ1n) is 7.61. The second kappa shape index (κ2) is 6.38. The monoisotopic (exact) mass is 367 g/mol. The highest BCUT2D eigenvalue weighted by Crippen LogP contribution is 2.37. The molecule has 2 heterocycles. The third kappa shape index (κ3) is 3.06. The van der Waals surface area contributed by atoms with Gasteiger partial charge in [-0.1, -0.05) is 48.2 Å². The Morgan fingerprint density at radius 2 is 2.04 bits per heavy atom. The third-order valence-electron chi connectivity index (χ3n) is 3.85. The van der Waals surface area contributed by atoms with Gasteiger partial charge in [-0.05, 0) is 35.9 Å². The molecule has 0 bridgehead atoms. The lowest BCUT2D eigenvalue weighted by molar-refractivity contribution is -0.113. The molecule has 0 radical (unpaired) electrons. The summed E-state index contributed by atoms with van der Waals surface area (Å²) in [7, 11) is 0. The molecular weight excluding hydrogens is 354 g/mol. The number of ether oxygens (including phenoxy) is 1. The largest absolute Gasteiger partial charge is 0.508 e. The smallest absolute Gasteiger partial charge is 0.270 e. The van der Waals surface area contributed by atoms with Crippen LogP contribution in [0.3, 0.4) is 0 Å². The number of carbonyl (C=O) groups is 1. The topological polar surface area (TPSA) is 49.8 Å². The Morgan fingerprint density at radius 1 is 1.20 bits per heavy atom. The number of anilines is 1. The van der Waals surface area contributed by atoms with E-state index >= 15 is 0 Å². The molecule has 25 heavy (non-hydrogen) atoms. The Labute approximate surface area is 154 Å². The van der Waals surface area contributed by atoms with Crippen molar-refractivity contribution in [1.29, 1.82) is 0 Å². The van der Waals surface area contributed by atoms with Gasteiger partial charge in [0.1, 0.15) is 18.1 Å². The van der Waals surface area contributed by atoms with E-state index in [9.17, 15) is 9.90 Å². The molecule has 0 unspecified atom stereocenters. The number of phenolic OH excluding ortho intramolecular Hbond substituents is 1. The van der Waals surface area contributed by atoms with Crippen molar-refractivity contribution in [2.45, 2.75) is 0 Å². The van der Waals surface area contributed by atoms with Gasteiger partial charge in [0, 0.05) is 11.6 Å². The van der Waals surface area contributed by atoms with E-state index in [-0.39, 0.29) is 11.7 Å². The molecular formula is C19H13NO3S2. The summed E-state index contributed by atoms with van der Waals surface area (Å²) >= 11 is 6.59. The Bertz CT molecular complexity index is 949. The predicted octanol–water partition coefficient (Wildman–Crippen LogP) is 4.12. The SMILES string of the molecule is O=C1C(=CC2=Cc3ccccc3OC2)SC(=S)N1c1cccc(O)c1. The average molecular weight is 367 g/mol. The van der Waals surface area contributed by atoms with Gasteiger partial charge < -0.3 is 9.84 Å². The highest BCUT2D eigenvalue weighted by Gasteiger charge is 2.33. The van der Waals surface area contributed by atoms with Gasteiger partial charge in [-0.25, -0.2) is 0 Å². The number of benzene rings is 2.